The highest BCUT2D eigenvalue weighted by Crippen LogP contribution is 2.31. The van der Waals surface area contributed by atoms with Crippen LogP contribution in [-0.2, 0) is 0 Å². The molecule has 8 heteroatoms. The quantitative estimate of drug-likeness (QED) is 0.301. The highest BCUT2D eigenvalue weighted by atomic mass is 19.2. The number of hydrazine groups is 1. The number of nitrogens with one attached hydrogen (secondary N) is 1. The molecule has 0 radical (unpaired) electrons. The molecule has 0 fully saturated rings. The number of hydrogen-bond acceptors (Lipinski definition) is 2. The van der Waals surface area contributed by atoms with E-state index >= 15 is 0 Å². The maximum absolute atomic E-state index is 13.7. The van der Waals surface area contributed by atoms with E-state index in [1.807, 2.05) is 5.43 Å². The van der Waals surface area contributed by atoms with Gasteiger partial charge in [0.1, 0.15) is 5.82 Å². The molecule has 2 aromatic rings. The Kier molecular flexibility index (Phi) is 4.19. The molecule has 0 heterocycles. The molecule has 0 aliphatic rings. The maximum Gasteiger partial charge on any atom is 0.200 e. The molecule has 1 unspecified atom stereocenters. The fourth-order valence-electron chi connectivity index (χ4n) is 1.91. The van der Waals surface area contributed by atoms with Gasteiger partial charge in [-0.15, -0.1) is 0 Å². The molecule has 112 valence electrons. The van der Waals surface area contributed by atoms with E-state index in [0.717, 1.165) is 12.1 Å². The Morgan fingerprint density at radius 2 is 1.24 bits per heavy atom. The molecule has 3 N–H and O–H groups in total. The van der Waals surface area contributed by atoms with Crippen LogP contribution in [0.4, 0.5) is 26.3 Å². The van der Waals surface area contributed by atoms with Crippen LogP contribution in [0, 0.1) is 34.9 Å². The van der Waals surface area contributed by atoms with Crippen molar-refractivity contribution < 1.29 is 26.3 Å². The van der Waals surface area contributed by atoms with Gasteiger partial charge in [0.2, 0.25) is 5.82 Å². The standard InChI is InChI=1S/C13H8F6N2/c14-6-4-2-1-3-5(6)13(21-20)7-8(15)10(17)12(19)11(18)9(7)16/h1-4,13,21H,20H2. The summed E-state index contributed by atoms with van der Waals surface area (Å²) in [5.74, 6) is -6.51. The molecule has 0 aromatic heterocycles. The molecule has 2 rings (SSSR count). The second kappa shape index (κ2) is 5.74. The second-order valence-electron chi connectivity index (χ2n) is 4.10. The van der Waals surface area contributed by atoms with Crippen molar-refractivity contribution in [3.05, 3.63) is 70.3 Å². The van der Waals surface area contributed by atoms with Crippen molar-refractivity contribution >= 4 is 0 Å². The van der Waals surface area contributed by atoms with Crippen LogP contribution in [0.3, 0.4) is 0 Å². The van der Waals surface area contributed by atoms with Gasteiger partial charge < -0.3 is 0 Å². The summed E-state index contributed by atoms with van der Waals surface area (Å²) in [5, 5.41) is 0. The van der Waals surface area contributed by atoms with E-state index in [-0.39, 0.29) is 5.56 Å². The van der Waals surface area contributed by atoms with Crippen molar-refractivity contribution in [1.29, 1.82) is 0 Å². The Morgan fingerprint density at radius 3 is 1.71 bits per heavy atom. The largest absolute Gasteiger partial charge is 0.271 e. The fourth-order valence-corrected chi connectivity index (χ4v) is 1.91. The summed E-state index contributed by atoms with van der Waals surface area (Å²) in [4.78, 5) is 0. The Hall–Kier alpha value is -2.06. The number of hydrogen-bond donors (Lipinski definition) is 2. The van der Waals surface area contributed by atoms with Gasteiger partial charge in [0.05, 0.1) is 11.6 Å². The van der Waals surface area contributed by atoms with Crippen LogP contribution in [0.15, 0.2) is 24.3 Å². The number of nitrogens with two attached hydrogens (primary N) is 1. The summed E-state index contributed by atoms with van der Waals surface area (Å²) in [6, 6.07) is 2.96. The Morgan fingerprint density at radius 1 is 0.762 bits per heavy atom. The first-order chi connectivity index (χ1) is 9.90. The van der Waals surface area contributed by atoms with Gasteiger partial charge >= 0.3 is 0 Å². The van der Waals surface area contributed by atoms with Crippen LogP contribution in [0.25, 0.3) is 0 Å². The van der Waals surface area contributed by atoms with Crippen molar-refractivity contribution in [3.63, 3.8) is 0 Å². The molecule has 0 amide bonds. The van der Waals surface area contributed by atoms with E-state index in [1.165, 1.54) is 12.1 Å². The zero-order valence-corrected chi connectivity index (χ0v) is 10.2. The van der Waals surface area contributed by atoms with Crippen LogP contribution in [0.1, 0.15) is 17.2 Å². The SMILES string of the molecule is NNC(c1ccccc1F)c1c(F)c(F)c(F)c(F)c1F. The third-order valence-electron chi connectivity index (χ3n) is 2.92. The summed E-state index contributed by atoms with van der Waals surface area (Å²) < 4.78 is 80.5. The first-order valence-electron chi connectivity index (χ1n) is 5.62. The minimum atomic E-state index is -2.29. The van der Waals surface area contributed by atoms with Crippen LogP contribution in [0.2, 0.25) is 0 Å². The third kappa shape index (κ3) is 2.47. The molecule has 2 aromatic carbocycles. The van der Waals surface area contributed by atoms with Gasteiger partial charge in [-0.2, -0.15) is 0 Å². The summed E-state index contributed by atoms with van der Waals surface area (Å²) in [6.07, 6.45) is 0. The Labute approximate surface area is 115 Å². The molecular weight excluding hydrogens is 298 g/mol. The number of benzene rings is 2. The highest BCUT2D eigenvalue weighted by molar-refractivity contribution is 5.35. The predicted octanol–water partition coefficient (Wildman–Crippen LogP) is 3.07. The van der Waals surface area contributed by atoms with E-state index in [4.69, 9.17) is 5.84 Å². The van der Waals surface area contributed by atoms with Gasteiger partial charge in [-0.3, -0.25) is 5.84 Å². The summed E-state index contributed by atoms with van der Waals surface area (Å²) in [6.45, 7) is 0. The topological polar surface area (TPSA) is 38.0 Å². The maximum atomic E-state index is 13.7. The van der Waals surface area contributed by atoms with Crippen LogP contribution in [0.5, 0.6) is 0 Å². The molecule has 0 aliphatic carbocycles. The fraction of sp³-hybridized carbons (Fsp3) is 0.0769. The van der Waals surface area contributed by atoms with Crippen LogP contribution < -0.4 is 11.3 Å². The van der Waals surface area contributed by atoms with E-state index in [2.05, 4.69) is 0 Å². The molecule has 0 aliphatic heterocycles. The minimum Gasteiger partial charge on any atom is -0.271 e. The third-order valence-corrected chi connectivity index (χ3v) is 2.92. The predicted molar refractivity (Wildman–Crippen MR) is 61.8 cm³/mol. The van der Waals surface area contributed by atoms with Crippen molar-refractivity contribution in [2.75, 3.05) is 0 Å². The lowest BCUT2D eigenvalue weighted by atomic mass is 9.97. The number of halogens is 6. The monoisotopic (exact) mass is 306 g/mol. The van der Waals surface area contributed by atoms with Gasteiger partial charge in [-0.05, 0) is 6.07 Å². The average molecular weight is 306 g/mol. The Bertz CT molecular complexity index is 660. The lowest BCUT2D eigenvalue weighted by molar-refractivity contribution is 0.361. The summed E-state index contributed by atoms with van der Waals surface area (Å²) in [7, 11) is 0. The van der Waals surface area contributed by atoms with Crippen molar-refractivity contribution in [3.8, 4) is 0 Å². The first kappa shape index (κ1) is 15.3. The highest BCUT2D eigenvalue weighted by Gasteiger charge is 2.31. The van der Waals surface area contributed by atoms with E-state index in [9.17, 15) is 26.3 Å². The lowest BCUT2D eigenvalue weighted by Gasteiger charge is -2.19. The van der Waals surface area contributed by atoms with E-state index < -0.39 is 46.5 Å². The molecule has 0 spiro atoms. The van der Waals surface area contributed by atoms with Crippen molar-refractivity contribution in [1.82, 2.24) is 5.43 Å². The Balaban J connectivity index is 2.73. The van der Waals surface area contributed by atoms with E-state index in [1.54, 1.807) is 0 Å². The lowest BCUT2D eigenvalue weighted by Crippen LogP contribution is -2.32. The molecule has 2 nitrogen and oxygen atoms in total. The molecule has 0 saturated heterocycles. The molecule has 1 atom stereocenters. The van der Waals surface area contributed by atoms with Gasteiger partial charge in [-0.25, -0.2) is 31.8 Å². The summed E-state index contributed by atoms with van der Waals surface area (Å²) in [5.41, 5.74) is 0.246. The minimum absolute atomic E-state index is 0.358. The summed E-state index contributed by atoms with van der Waals surface area (Å²) >= 11 is 0. The zero-order chi connectivity index (χ0) is 15.7. The van der Waals surface area contributed by atoms with Crippen molar-refractivity contribution in [2.24, 2.45) is 5.84 Å². The molecule has 21 heavy (non-hydrogen) atoms. The van der Waals surface area contributed by atoms with Gasteiger partial charge in [0.15, 0.2) is 23.3 Å². The van der Waals surface area contributed by atoms with Crippen molar-refractivity contribution in [2.45, 2.75) is 6.04 Å². The number of rotatable bonds is 3. The normalized spacial score (nSPS) is 12.5. The second-order valence-corrected chi connectivity index (χ2v) is 4.10. The zero-order valence-electron chi connectivity index (χ0n) is 10.2. The molecule has 0 saturated carbocycles. The first-order valence-corrected chi connectivity index (χ1v) is 5.62. The van der Waals surface area contributed by atoms with Gasteiger partial charge in [0.25, 0.3) is 0 Å². The van der Waals surface area contributed by atoms with Gasteiger partial charge in [-0.1, -0.05) is 18.2 Å². The molecular formula is C13H8F6N2. The van der Waals surface area contributed by atoms with Crippen LogP contribution in [-0.4, -0.2) is 0 Å². The average Bonchev–Trinajstić information content (AvgIpc) is 2.48. The van der Waals surface area contributed by atoms with E-state index in [0.29, 0.717) is 0 Å². The smallest absolute Gasteiger partial charge is 0.200 e. The molecule has 0 bridgehead atoms. The van der Waals surface area contributed by atoms with Crippen LogP contribution >= 0.6 is 0 Å². The van der Waals surface area contributed by atoms with Gasteiger partial charge in [0, 0.05) is 5.56 Å².